The molecule has 0 N–H and O–H groups in total. The van der Waals surface area contributed by atoms with Crippen LogP contribution in [0.15, 0.2) is 60.7 Å². The van der Waals surface area contributed by atoms with Crippen LogP contribution in [0.5, 0.6) is 0 Å². The first kappa shape index (κ1) is 38.5. The zero-order valence-corrected chi connectivity index (χ0v) is 28.9. The van der Waals surface area contributed by atoms with Gasteiger partial charge in [0.25, 0.3) is 0 Å². The number of carbonyl (C=O) groups is 2. The summed E-state index contributed by atoms with van der Waals surface area (Å²) in [5.74, 6) is -0.895. The van der Waals surface area contributed by atoms with Crippen molar-refractivity contribution < 1.29 is 23.8 Å². The number of hydrogen-bond acceptors (Lipinski definition) is 5. The van der Waals surface area contributed by atoms with Crippen molar-refractivity contribution in [3.8, 4) is 0 Å². The molecule has 0 aliphatic carbocycles. The van der Waals surface area contributed by atoms with Crippen molar-refractivity contribution in [2.45, 2.75) is 168 Å². The highest BCUT2D eigenvalue weighted by atomic mass is 16.6. The normalized spacial score (nSPS) is 14.0. The van der Waals surface area contributed by atoms with Crippen LogP contribution in [-0.2, 0) is 23.8 Å². The van der Waals surface area contributed by atoms with Crippen molar-refractivity contribution in [3.63, 3.8) is 0 Å². The summed E-state index contributed by atoms with van der Waals surface area (Å²) in [4.78, 5) is 27.7. The van der Waals surface area contributed by atoms with E-state index in [0.29, 0.717) is 11.1 Å². The van der Waals surface area contributed by atoms with Crippen LogP contribution in [0.3, 0.4) is 0 Å². The van der Waals surface area contributed by atoms with Gasteiger partial charge >= 0.3 is 11.9 Å². The molecule has 5 nitrogen and oxygen atoms in total. The van der Waals surface area contributed by atoms with Crippen LogP contribution in [0.25, 0.3) is 0 Å². The molecule has 0 aromatic heterocycles. The third-order valence-electron chi connectivity index (χ3n) is 8.45. The average molecular weight is 623 g/mol. The summed E-state index contributed by atoms with van der Waals surface area (Å²) >= 11 is 0. The van der Waals surface area contributed by atoms with Gasteiger partial charge in [0.05, 0.1) is 0 Å². The molecule has 4 atom stereocenters. The van der Waals surface area contributed by atoms with Crippen molar-refractivity contribution >= 4 is 11.9 Å². The lowest BCUT2D eigenvalue weighted by atomic mass is 10.0. The molecule has 45 heavy (non-hydrogen) atoms. The highest BCUT2D eigenvalue weighted by Crippen LogP contribution is 2.31. The summed E-state index contributed by atoms with van der Waals surface area (Å²) in [7, 11) is 0. The van der Waals surface area contributed by atoms with Gasteiger partial charge in [0, 0.05) is 0 Å². The van der Waals surface area contributed by atoms with E-state index in [9.17, 15) is 9.59 Å². The molecular formula is C40H62O5. The molecule has 2 aromatic rings. The van der Waals surface area contributed by atoms with Crippen LogP contribution >= 0.6 is 0 Å². The van der Waals surface area contributed by atoms with Crippen LogP contribution in [0.2, 0.25) is 0 Å². The fourth-order valence-electron chi connectivity index (χ4n) is 5.86. The van der Waals surface area contributed by atoms with E-state index in [1.165, 1.54) is 51.4 Å². The third kappa shape index (κ3) is 15.9. The van der Waals surface area contributed by atoms with Crippen LogP contribution < -0.4 is 0 Å². The first-order valence-corrected chi connectivity index (χ1v) is 18.2. The van der Waals surface area contributed by atoms with Gasteiger partial charge in [0.2, 0.25) is 0 Å². The van der Waals surface area contributed by atoms with Crippen molar-refractivity contribution in [1.82, 2.24) is 0 Å². The smallest absolute Gasteiger partial charge is 0.340 e. The second kappa shape index (κ2) is 24.6. The molecule has 0 spiro atoms. The predicted molar refractivity (Wildman–Crippen MR) is 185 cm³/mol. The fourth-order valence-corrected chi connectivity index (χ4v) is 5.86. The first-order chi connectivity index (χ1) is 22.0. The molecule has 252 valence electrons. The Hall–Kier alpha value is -2.66. The Morgan fingerprint density at radius 2 is 0.822 bits per heavy atom. The Bertz CT molecular complexity index is 926. The average Bonchev–Trinajstić information content (AvgIpc) is 3.05. The monoisotopic (exact) mass is 622 g/mol. The topological polar surface area (TPSA) is 61.8 Å². The molecule has 0 aliphatic heterocycles. The Morgan fingerprint density at radius 3 is 1.18 bits per heavy atom. The maximum atomic E-state index is 13.9. The molecule has 2 rings (SSSR count). The lowest BCUT2D eigenvalue weighted by molar-refractivity contribution is -0.180. The van der Waals surface area contributed by atoms with Gasteiger partial charge < -0.3 is 14.2 Å². The highest BCUT2D eigenvalue weighted by molar-refractivity contribution is 5.80. The van der Waals surface area contributed by atoms with Gasteiger partial charge in [-0.05, 0) is 49.7 Å². The molecule has 0 aliphatic rings. The summed E-state index contributed by atoms with van der Waals surface area (Å²) in [5, 5.41) is 0. The maximum Gasteiger partial charge on any atom is 0.340 e. The second-order valence-electron chi connectivity index (χ2n) is 12.5. The van der Waals surface area contributed by atoms with Gasteiger partial charge in [-0.2, -0.15) is 0 Å². The molecule has 0 amide bonds. The lowest BCUT2D eigenvalue weighted by Gasteiger charge is -2.27. The van der Waals surface area contributed by atoms with Gasteiger partial charge in [0.15, 0.2) is 12.2 Å². The van der Waals surface area contributed by atoms with Crippen molar-refractivity contribution in [2.24, 2.45) is 0 Å². The van der Waals surface area contributed by atoms with E-state index in [2.05, 4.69) is 27.7 Å². The lowest BCUT2D eigenvalue weighted by Crippen LogP contribution is -2.30. The zero-order chi connectivity index (χ0) is 32.5. The predicted octanol–water partition coefficient (Wildman–Crippen LogP) is 11.4. The van der Waals surface area contributed by atoms with E-state index < -0.39 is 24.1 Å². The Balaban J connectivity index is 2.20. The molecule has 0 saturated carbocycles. The van der Waals surface area contributed by atoms with Crippen molar-refractivity contribution in [3.05, 3.63) is 71.8 Å². The van der Waals surface area contributed by atoms with E-state index in [1.807, 2.05) is 60.7 Å². The molecule has 0 bridgehead atoms. The van der Waals surface area contributed by atoms with Crippen LogP contribution in [0, 0.1) is 0 Å². The zero-order valence-electron chi connectivity index (χ0n) is 28.9. The Labute approximate surface area is 274 Å². The largest absolute Gasteiger partial charge is 0.460 e. The minimum atomic E-state index is -1.05. The minimum absolute atomic E-state index is 0.170. The SMILES string of the molecule is CCCCCCCCC(CCC)OC(=O)C(OC(C(=O)OC(CCC)CCCCCCCC)c1ccccc1)c1ccccc1. The van der Waals surface area contributed by atoms with Gasteiger partial charge in [-0.25, -0.2) is 9.59 Å². The number of carbonyl (C=O) groups excluding carboxylic acids is 2. The number of unbranched alkanes of at least 4 members (excludes halogenated alkanes) is 10. The second-order valence-corrected chi connectivity index (χ2v) is 12.5. The summed E-state index contributed by atoms with van der Waals surface area (Å²) in [6, 6.07) is 18.8. The molecule has 0 heterocycles. The summed E-state index contributed by atoms with van der Waals surface area (Å²) in [5.41, 5.74) is 1.34. The molecule has 4 unspecified atom stereocenters. The Kier molecular flexibility index (Phi) is 21.0. The molecule has 0 fully saturated rings. The van der Waals surface area contributed by atoms with Crippen LogP contribution in [0.4, 0.5) is 0 Å². The van der Waals surface area contributed by atoms with Crippen LogP contribution in [0.1, 0.15) is 167 Å². The van der Waals surface area contributed by atoms with E-state index in [-0.39, 0.29) is 12.2 Å². The number of ether oxygens (including phenoxy) is 3. The molecule has 2 aromatic carbocycles. The molecule has 5 heteroatoms. The highest BCUT2D eigenvalue weighted by Gasteiger charge is 2.34. The molecule has 0 saturated heterocycles. The third-order valence-corrected chi connectivity index (χ3v) is 8.45. The van der Waals surface area contributed by atoms with Crippen molar-refractivity contribution in [2.75, 3.05) is 0 Å². The van der Waals surface area contributed by atoms with Crippen LogP contribution in [-0.4, -0.2) is 24.1 Å². The fraction of sp³-hybridized carbons (Fsp3) is 0.650. The van der Waals surface area contributed by atoms with E-state index in [4.69, 9.17) is 14.2 Å². The van der Waals surface area contributed by atoms with E-state index in [1.54, 1.807) is 0 Å². The Morgan fingerprint density at radius 1 is 0.467 bits per heavy atom. The summed E-state index contributed by atoms with van der Waals surface area (Å²) < 4.78 is 18.8. The van der Waals surface area contributed by atoms with Gasteiger partial charge in [0.1, 0.15) is 12.2 Å². The summed E-state index contributed by atoms with van der Waals surface area (Å²) in [6.45, 7) is 8.69. The van der Waals surface area contributed by atoms with Gasteiger partial charge in [-0.3, -0.25) is 0 Å². The number of rotatable bonds is 26. The maximum absolute atomic E-state index is 13.9. The van der Waals surface area contributed by atoms with Gasteiger partial charge in [-0.1, -0.05) is 165 Å². The molecular weight excluding hydrogens is 560 g/mol. The quantitative estimate of drug-likeness (QED) is 0.0771. The minimum Gasteiger partial charge on any atom is -0.460 e. The number of hydrogen-bond donors (Lipinski definition) is 0. The van der Waals surface area contributed by atoms with E-state index >= 15 is 0 Å². The molecule has 0 radical (unpaired) electrons. The van der Waals surface area contributed by atoms with Crippen molar-refractivity contribution in [1.29, 1.82) is 0 Å². The number of benzene rings is 2. The van der Waals surface area contributed by atoms with E-state index in [0.717, 1.165) is 64.2 Å². The summed E-state index contributed by atoms with van der Waals surface area (Å²) in [6.07, 6.45) is 17.1. The van der Waals surface area contributed by atoms with Gasteiger partial charge in [-0.15, -0.1) is 0 Å². The number of esters is 2. The first-order valence-electron chi connectivity index (χ1n) is 18.2. The standard InChI is InChI=1S/C40H62O5/c1-5-9-11-13-15-23-31-35(25-7-3)43-39(41)37(33-27-19-17-20-28-33)45-38(34-29-21-18-22-30-34)40(42)44-36(26-8-4)32-24-16-14-12-10-6-2/h17-22,27-30,35-38H,5-16,23-26,31-32H2,1-4H3.